The molecule has 4 saturated carbocycles. The predicted octanol–water partition coefficient (Wildman–Crippen LogP) is 12.6. The second-order valence-electron chi connectivity index (χ2n) is 16.0. The first-order chi connectivity index (χ1) is 26.2. The minimum absolute atomic E-state index is 0.0978. The molecule has 5 aliphatic carbocycles. The lowest BCUT2D eigenvalue weighted by atomic mass is 9.43. The maximum absolute atomic E-state index is 5.26. The highest BCUT2D eigenvalue weighted by atomic mass is 32.1. The van der Waals surface area contributed by atoms with Gasteiger partial charge in [-0.05, 0) is 101 Å². The molecule has 0 unspecified atom stereocenters. The smallest absolute Gasteiger partial charge is 0.164 e. The van der Waals surface area contributed by atoms with Gasteiger partial charge in [-0.25, -0.2) is 15.0 Å². The van der Waals surface area contributed by atoms with E-state index in [2.05, 4.69) is 133 Å². The highest BCUT2D eigenvalue weighted by Crippen LogP contribution is 2.69. The third-order valence-corrected chi connectivity index (χ3v) is 14.6. The number of nitrogens with zero attached hydrogens (tertiary/aromatic N) is 3. The Morgan fingerprint density at radius 1 is 0.434 bits per heavy atom. The van der Waals surface area contributed by atoms with Crippen molar-refractivity contribution in [1.29, 1.82) is 0 Å². The summed E-state index contributed by atoms with van der Waals surface area (Å²) in [4.78, 5) is 15.6. The topological polar surface area (TPSA) is 38.7 Å². The Bertz CT molecular complexity index is 2720. The van der Waals surface area contributed by atoms with E-state index in [9.17, 15) is 0 Å². The molecule has 0 aliphatic heterocycles. The van der Waals surface area contributed by atoms with E-state index in [0.717, 1.165) is 34.4 Å². The van der Waals surface area contributed by atoms with Crippen molar-refractivity contribution in [2.45, 2.75) is 37.5 Å². The van der Waals surface area contributed by atoms with Crippen LogP contribution in [0.1, 0.15) is 43.2 Å². The van der Waals surface area contributed by atoms with Gasteiger partial charge in [0.2, 0.25) is 0 Å². The van der Waals surface area contributed by atoms with Gasteiger partial charge in [-0.1, -0.05) is 127 Å². The molecule has 1 spiro atoms. The van der Waals surface area contributed by atoms with Crippen LogP contribution in [0.4, 0.5) is 0 Å². The molecule has 6 aromatic carbocycles. The molecule has 0 amide bonds. The summed E-state index contributed by atoms with van der Waals surface area (Å²) >= 11 is 1.87. The molecule has 3 nitrogen and oxygen atoms in total. The summed E-state index contributed by atoms with van der Waals surface area (Å²) in [5.74, 6) is 5.39. The van der Waals surface area contributed by atoms with Gasteiger partial charge in [-0.2, -0.15) is 0 Å². The lowest BCUT2D eigenvalue weighted by Crippen LogP contribution is -2.55. The second kappa shape index (κ2) is 11.3. The van der Waals surface area contributed by atoms with Crippen molar-refractivity contribution in [2.24, 2.45) is 23.7 Å². The van der Waals surface area contributed by atoms with E-state index in [1.54, 1.807) is 5.56 Å². The summed E-state index contributed by atoms with van der Waals surface area (Å²) < 4.78 is 2.65. The largest absolute Gasteiger partial charge is 0.208 e. The summed E-state index contributed by atoms with van der Waals surface area (Å²) in [5.41, 5.74) is 11.6. The zero-order chi connectivity index (χ0) is 34.7. The number of hydrogen-bond donors (Lipinski definition) is 0. The Kier molecular flexibility index (Phi) is 6.39. The molecule has 53 heavy (non-hydrogen) atoms. The van der Waals surface area contributed by atoms with Crippen LogP contribution in [0.5, 0.6) is 0 Å². The van der Waals surface area contributed by atoms with Crippen LogP contribution in [0.15, 0.2) is 140 Å². The van der Waals surface area contributed by atoms with E-state index in [1.807, 2.05) is 17.4 Å². The first-order valence-electron chi connectivity index (χ1n) is 19.3. The van der Waals surface area contributed by atoms with E-state index >= 15 is 0 Å². The zero-order valence-electron chi connectivity index (χ0n) is 29.4. The van der Waals surface area contributed by atoms with E-state index in [-0.39, 0.29) is 5.41 Å². The van der Waals surface area contributed by atoms with Gasteiger partial charge in [-0.3, -0.25) is 0 Å². The van der Waals surface area contributed by atoms with Crippen molar-refractivity contribution in [1.82, 2.24) is 15.0 Å². The lowest BCUT2D eigenvalue weighted by molar-refractivity contribution is -0.0399. The standard InChI is InChI=1S/C49H37N3S/c1-2-9-32(10-3-1)46-50-47(33-19-17-31(18-20-33)37-13-8-14-41-40-12-5-7-16-44(40)53-45(37)41)52-48(51-46)34-21-22-39-38-11-4-6-15-42(38)49(43(39)28-34)35-24-29-23-30(26-35)27-36(49)25-29/h1-22,28-30,35-36H,23-27H2. The Hall–Kier alpha value is -5.45. The highest BCUT2D eigenvalue weighted by molar-refractivity contribution is 7.26. The van der Waals surface area contributed by atoms with E-state index < -0.39 is 0 Å². The molecule has 13 rings (SSSR count). The van der Waals surface area contributed by atoms with Crippen molar-refractivity contribution in [3.8, 4) is 56.4 Å². The number of rotatable bonds is 4. The summed E-state index contributed by atoms with van der Waals surface area (Å²) in [6.07, 6.45) is 6.92. The quantitative estimate of drug-likeness (QED) is 0.184. The van der Waals surface area contributed by atoms with Gasteiger partial charge in [-0.15, -0.1) is 11.3 Å². The molecular weight excluding hydrogens is 663 g/mol. The van der Waals surface area contributed by atoms with Crippen LogP contribution in [0.25, 0.3) is 76.6 Å². The molecule has 5 aliphatic rings. The van der Waals surface area contributed by atoms with Gasteiger partial charge < -0.3 is 0 Å². The van der Waals surface area contributed by atoms with Gasteiger partial charge >= 0.3 is 0 Å². The van der Waals surface area contributed by atoms with E-state index in [1.165, 1.54) is 80.1 Å². The molecule has 0 radical (unpaired) electrons. The minimum atomic E-state index is 0.0978. The first-order valence-corrected chi connectivity index (χ1v) is 20.1. The Morgan fingerprint density at radius 3 is 1.77 bits per heavy atom. The predicted molar refractivity (Wildman–Crippen MR) is 218 cm³/mol. The molecule has 4 fully saturated rings. The van der Waals surface area contributed by atoms with Crippen LogP contribution in [0.2, 0.25) is 0 Å². The molecule has 0 atom stereocenters. The molecule has 0 saturated heterocycles. The molecule has 0 N–H and O–H groups in total. The van der Waals surface area contributed by atoms with Crippen LogP contribution in [-0.2, 0) is 5.41 Å². The van der Waals surface area contributed by atoms with Crippen LogP contribution in [-0.4, -0.2) is 15.0 Å². The zero-order valence-corrected chi connectivity index (χ0v) is 30.2. The van der Waals surface area contributed by atoms with Crippen LogP contribution in [0, 0.1) is 23.7 Å². The average molecular weight is 700 g/mol. The maximum Gasteiger partial charge on any atom is 0.164 e. The fraction of sp³-hybridized carbons (Fsp3) is 0.204. The summed E-state index contributed by atoms with van der Waals surface area (Å²) in [5, 5.41) is 2.64. The minimum Gasteiger partial charge on any atom is -0.208 e. The van der Waals surface area contributed by atoms with Crippen molar-refractivity contribution < 1.29 is 0 Å². The Morgan fingerprint density at radius 2 is 1.00 bits per heavy atom. The van der Waals surface area contributed by atoms with Gasteiger partial charge in [0.25, 0.3) is 0 Å². The SMILES string of the molecule is c1ccc(-c2nc(-c3ccc(-c4cccc5c4sc4ccccc45)cc3)nc(-c3ccc4c(c3)C3(c5ccccc5-4)C4CC5CC(C4)CC3C5)n2)cc1. The van der Waals surface area contributed by atoms with Crippen molar-refractivity contribution >= 4 is 31.5 Å². The molecule has 2 heterocycles. The molecular formula is C49H37N3S. The average Bonchev–Trinajstić information content (AvgIpc) is 3.74. The molecule has 4 bridgehead atoms. The third-order valence-electron chi connectivity index (χ3n) is 13.3. The fourth-order valence-electron chi connectivity index (χ4n) is 11.4. The van der Waals surface area contributed by atoms with Crippen molar-refractivity contribution in [2.75, 3.05) is 0 Å². The first kappa shape index (κ1) is 30.1. The second-order valence-corrected chi connectivity index (χ2v) is 17.1. The highest BCUT2D eigenvalue weighted by Gasteiger charge is 2.61. The van der Waals surface area contributed by atoms with Gasteiger partial charge in [0, 0.05) is 42.3 Å². The maximum atomic E-state index is 5.26. The van der Waals surface area contributed by atoms with Gasteiger partial charge in [0.15, 0.2) is 17.5 Å². The Labute approximate surface area is 313 Å². The summed E-state index contributed by atoms with van der Waals surface area (Å²) in [6, 6.07) is 51.0. The normalized spacial score (nSPS) is 23.5. The van der Waals surface area contributed by atoms with E-state index in [0.29, 0.717) is 23.5 Å². The number of benzene rings is 6. The fourth-order valence-corrected chi connectivity index (χ4v) is 12.7. The number of hydrogen-bond acceptors (Lipinski definition) is 4. The number of fused-ring (bicyclic) bond motifs is 6. The molecule has 8 aromatic rings. The Balaban J connectivity index is 0.990. The summed E-state index contributed by atoms with van der Waals surface area (Å²) in [7, 11) is 0. The summed E-state index contributed by atoms with van der Waals surface area (Å²) in [6.45, 7) is 0. The number of aromatic nitrogens is 3. The molecule has 4 heteroatoms. The van der Waals surface area contributed by atoms with Crippen LogP contribution >= 0.6 is 11.3 Å². The molecule has 2 aromatic heterocycles. The van der Waals surface area contributed by atoms with Crippen LogP contribution < -0.4 is 0 Å². The van der Waals surface area contributed by atoms with Crippen LogP contribution in [0.3, 0.4) is 0 Å². The number of thiophene rings is 1. The monoisotopic (exact) mass is 699 g/mol. The van der Waals surface area contributed by atoms with Crippen molar-refractivity contribution in [3.05, 3.63) is 151 Å². The van der Waals surface area contributed by atoms with Gasteiger partial charge in [0.05, 0.1) is 0 Å². The van der Waals surface area contributed by atoms with E-state index in [4.69, 9.17) is 15.0 Å². The lowest BCUT2D eigenvalue weighted by Gasteiger charge is -2.61. The third kappa shape index (κ3) is 4.36. The molecule has 254 valence electrons. The van der Waals surface area contributed by atoms with Crippen molar-refractivity contribution in [3.63, 3.8) is 0 Å². The van der Waals surface area contributed by atoms with Gasteiger partial charge in [0.1, 0.15) is 0 Å².